The molecule has 1 rings (SSSR count). The van der Waals surface area contributed by atoms with Crippen LogP contribution in [-0.2, 0) is 11.2 Å². The highest BCUT2D eigenvalue weighted by Crippen LogP contribution is 2.10. The summed E-state index contributed by atoms with van der Waals surface area (Å²) in [5, 5.41) is 0. The summed E-state index contributed by atoms with van der Waals surface area (Å²) in [5.41, 5.74) is 6.59. The molecule has 0 radical (unpaired) electrons. The van der Waals surface area contributed by atoms with Gasteiger partial charge in [-0.3, -0.25) is 0 Å². The van der Waals surface area contributed by atoms with Crippen LogP contribution in [0.3, 0.4) is 0 Å². The van der Waals surface area contributed by atoms with E-state index in [-0.39, 0.29) is 0 Å². The maximum atomic E-state index is 5.51. The third-order valence-corrected chi connectivity index (χ3v) is 2.56. The van der Waals surface area contributed by atoms with Crippen molar-refractivity contribution in [3.8, 4) is 0 Å². The molecule has 0 fully saturated rings. The monoisotopic (exact) mass is 252 g/mol. The van der Waals surface area contributed by atoms with Crippen molar-refractivity contribution < 1.29 is 4.74 Å². The molecule has 0 spiro atoms. The number of aromatic nitrogens is 2. The molecule has 1 heterocycles. The van der Waals surface area contributed by atoms with E-state index in [1.165, 1.54) is 0 Å². The molecule has 102 valence electrons. The number of anilines is 1. The molecular formula is C13H24N4O. The Kier molecular flexibility index (Phi) is 6.60. The maximum absolute atomic E-state index is 5.51. The van der Waals surface area contributed by atoms with Gasteiger partial charge in [-0.25, -0.2) is 9.97 Å². The maximum Gasteiger partial charge on any atom is 0.225 e. The van der Waals surface area contributed by atoms with Gasteiger partial charge in [0.25, 0.3) is 0 Å². The first-order valence-electron chi connectivity index (χ1n) is 6.42. The van der Waals surface area contributed by atoms with Crippen molar-refractivity contribution in [1.82, 2.24) is 9.97 Å². The highest BCUT2D eigenvalue weighted by Gasteiger charge is 2.11. The molecule has 5 heteroatoms. The summed E-state index contributed by atoms with van der Waals surface area (Å²) in [5.74, 6) is 1.33. The van der Waals surface area contributed by atoms with E-state index in [1.807, 2.05) is 12.4 Å². The van der Waals surface area contributed by atoms with Gasteiger partial charge in [0.1, 0.15) is 0 Å². The van der Waals surface area contributed by atoms with Gasteiger partial charge in [-0.1, -0.05) is 13.8 Å². The normalized spacial score (nSPS) is 10.9. The van der Waals surface area contributed by atoms with E-state index >= 15 is 0 Å². The fourth-order valence-corrected chi connectivity index (χ4v) is 1.72. The minimum absolute atomic E-state index is 0.564. The van der Waals surface area contributed by atoms with Gasteiger partial charge in [0, 0.05) is 32.6 Å². The molecule has 0 saturated heterocycles. The van der Waals surface area contributed by atoms with Gasteiger partial charge in [0.15, 0.2) is 0 Å². The van der Waals surface area contributed by atoms with Crippen LogP contribution < -0.4 is 10.6 Å². The number of methoxy groups -OCH3 is 1. The molecule has 0 saturated carbocycles. The first kappa shape index (κ1) is 14.9. The van der Waals surface area contributed by atoms with Crippen molar-refractivity contribution in [2.45, 2.75) is 20.3 Å². The Labute approximate surface area is 109 Å². The summed E-state index contributed by atoms with van der Waals surface area (Å²) in [7, 11) is 1.71. The summed E-state index contributed by atoms with van der Waals surface area (Å²) < 4.78 is 5.12. The Morgan fingerprint density at radius 2 is 2.00 bits per heavy atom. The molecule has 0 aromatic carbocycles. The zero-order chi connectivity index (χ0) is 13.4. The fraction of sp³-hybridized carbons (Fsp3) is 0.692. The lowest BCUT2D eigenvalue weighted by Gasteiger charge is -2.24. The predicted molar refractivity (Wildman–Crippen MR) is 73.7 cm³/mol. The van der Waals surface area contributed by atoms with Gasteiger partial charge in [-0.2, -0.15) is 0 Å². The standard InChI is InChI=1S/C13H24N4O/c1-11(2)10-17(6-7-18-3)13-15-8-12(4-5-14)9-16-13/h8-9,11H,4-7,10,14H2,1-3H3. The van der Waals surface area contributed by atoms with Crippen molar-refractivity contribution in [1.29, 1.82) is 0 Å². The first-order valence-corrected chi connectivity index (χ1v) is 6.42. The van der Waals surface area contributed by atoms with Crippen molar-refractivity contribution in [3.63, 3.8) is 0 Å². The molecule has 0 unspecified atom stereocenters. The predicted octanol–water partition coefficient (Wildman–Crippen LogP) is 1.09. The van der Waals surface area contributed by atoms with Gasteiger partial charge in [0.05, 0.1) is 6.61 Å². The van der Waals surface area contributed by atoms with Crippen LogP contribution in [0.25, 0.3) is 0 Å². The smallest absolute Gasteiger partial charge is 0.225 e. The molecule has 1 aromatic rings. The van der Waals surface area contributed by atoms with Gasteiger partial charge < -0.3 is 15.4 Å². The van der Waals surface area contributed by atoms with E-state index in [0.29, 0.717) is 19.1 Å². The van der Waals surface area contributed by atoms with E-state index in [1.54, 1.807) is 7.11 Å². The second-order valence-corrected chi connectivity index (χ2v) is 4.76. The molecular weight excluding hydrogens is 228 g/mol. The van der Waals surface area contributed by atoms with Gasteiger partial charge >= 0.3 is 0 Å². The average molecular weight is 252 g/mol. The van der Waals surface area contributed by atoms with Crippen LogP contribution in [0.2, 0.25) is 0 Å². The minimum Gasteiger partial charge on any atom is -0.383 e. The topological polar surface area (TPSA) is 64.3 Å². The fourth-order valence-electron chi connectivity index (χ4n) is 1.72. The van der Waals surface area contributed by atoms with Gasteiger partial charge in [0.2, 0.25) is 5.95 Å². The Hall–Kier alpha value is -1.20. The quantitative estimate of drug-likeness (QED) is 0.750. The van der Waals surface area contributed by atoms with Crippen molar-refractivity contribution >= 4 is 5.95 Å². The minimum atomic E-state index is 0.564. The summed E-state index contributed by atoms with van der Waals surface area (Å²) in [4.78, 5) is 11.0. The van der Waals surface area contributed by atoms with Crippen molar-refractivity contribution in [2.75, 3.05) is 38.3 Å². The average Bonchev–Trinajstić information content (AvgIpc) is 2.35. The SMILES string of the molecule is COCCN(CC(C)C)c1ncc(CCN)cn1. The lowest BCUT2D eigenvalue weighted by atomic mass is 10.2. The third kappa shape index (κ3) is 4.98. The van der Waals surface area contributed by atoms with E-state index in [4.69, 9.17) is 10.5 Å². The number of hydrogen-bond acceptors (Lipinski definition) is 5. The van der Waals surface area contributed by atoms with Crippen LogP contribution in [0, 0.1) is 5.92 Å². The Morgan fingerprint density at radius 3 is 2.50 bits per heavy atom. The first-order chi connectivity index (χ1) is 8.67. The van der Waals surface area contributed by atoms with E-state index in [9.17, 15) is 0 Å². The molecule has 0 atom stereocenters. The lowest BCUT2D eigenvalue weighted by molar-refractivity contribution is 0.204. The number of ether oxygens (including phenoxy) is 1. The largest absolute Gasteiger partial charge is 0.383 e. The van der Waals surface area contributed by atoms with Crippen LogP contribution in [0.4, 0.5) is 5.95 Å². The molecule has 2 N–H and O–H groups in total. The number of nitrogens with two attached hydrogens (primary N) is 1. The second kappa shape index (κ2) is 8.00. The lowest BCUT2D eigenvalue weighted by Crippen LogP contribution is -2.32. The van der Waals surface area contributed by atoms with E-state index < -0.39 is 0 Å². The zero-order valence-corrected chi connectivity index (χ0v) is 11.6. The summed E-state index contributed by atoms with van der Waals surface area (Å²) in [6.07, 6.45) is 4.53. The Balaban J connectivity index is 2.70. The molecule has 0 aliphatic heterocycles. The van der Waals surface area contributed by atoms with Crippen LogP contribution in [0.1, 0.15) is 19.4 Å². The van der Waals surface area contributed by atoms with Gasteiger partial charge in [-0.05, 0) is 24.4 Å². The van der Waals surface area contributed by atoms with Crippen LogP contribution in [0.5, 0.6) is 0 Å². The van der Waals surface area contributed by atoms with Crippen molar-refractivity contribution in [3.05, 3.63) is 18.0 Å². The van der Waals surface area contributed by atoms with E-state index in [0.717, 1.165) is 31.0 Å². The highest BCUT2D eigenvalue weighted by molar-refractivity contribution is 5.29. The third-order valence-electron chi connectivity index (χ3n) is 2.56. The molecule has 0 aliphatic carbocycles. The summed E-state index contributed by atoms with van der Waals surface area (Å²) in [6, 6.07) is 0. The Morgan fingerprint density at radius 1 is 1.33 bits per heavy atom. The highest BCUT2D eigenvalue weighted by atomic mass is 16.5. The Bertz CT molecular complexity index is 326. The van der Waals surface area contributed by atoms with Crippen LogP contribution >= 0.6 is 0 Å². The van der Waals surface area contributed by atoms with Crippen LogP contribution in [0.15, 0.2) is 12.4 Å². The van der Waals surface area contributed by atoms with E-state index in [2.05, 4.69) is 28.7 Å². The zero-order valence-electron chi connectivity index (χ0n) is 11.6. The molecule has 1 aromatic heterocycles. The molecule has 0 aliphatic rings. The number of hydrogen-bond donors (Lipinski definition) is 1. The van der Waals surface area contributed by atoms with Gasteiger partial charge in [-0.15, -0.1) is 0 Å². The summed E-state index contributed by atoms with van der Waals surface area (Å²) >= 11 is 0. The second-order valence-electron chi connectivity index (χ2n) is 4.76. The van der Waals surface area contributed by atoms with Crippen LogP contribution in [-0.4, -0.2) is 43.3 Å². The van der Waals surface area contributed by atoms with Crippen molar-refractivity contribution in [2.24, 2.45) is 11.7 Å². The molecule has 18 heavy (non-hydrogen) atoms. The molecule has 0 amide bonds. The number of rotatable bonds is 8. The molecule has 5 nitrogen and oxygen atoms in total. The number of nitrogens with zero attached hydrogens (tertiary/aromatic N) is 3. The molecule has 0 bridgehead atoms. The summed E-state index contributed by atoms with van der Waals surface area (Å²) in [6.45, 7) is 7.42.